The third-order valence-electron chi connectivity index (χ3n) is 2.86. The molecule has 4 heteroatoms. The van der Waals surface area contributed by atoms with E-state index in [0.717, 1.165) is 11.2 Å². The highest BCUT2D eigenvalue weighted by atomic mass is 79.9. The van der Waals surface area contributed by atoms with Crippen LogP contribution in [-0.4, -0.2) is 23.8 Å². The van der Waals surface area contributed by atoms with Crippen LogP contribution in [0.1, 0.15) is 34.1 Å². The second-order valence-corrected chi connectivity index (χ2v) is 6.71. The van der Waals surface area contributed by atoms with Crippen LogP contribution >= 0.6 is 15.9 Å². The molecule has 0 saturated carbocycles. The van der Waals surface area contributed by atoms with E-state index in [-0.39, 0.29) is 11.2 Å². The lowest BCUT2D eigenvalue weighted by molar-refractivity contribution is -0.119. The van der Waals surface area contributed by atoms with Gasteiger partial charge in [0.15, 0.2) is 0 Å². The van der Waals surface area contributed by atoms with E-state index in [1.165, 1.54) is 0 Å². The molecule has 1 aliphatic heterocycles. The summed E-state index contributed by atoms with van der Waals surface area (Å²) in [4.78, 5) is 13.3. The standard InChI is InChI=1S/C13H19BrN2O/c1-10(17)5-12(2,3)8-16-9-13(4,7-15)6-11(16)14/h6H,5,8-9H2,1-4H3. The highest BCUT2D eigenvalue weighted by molar-refractivity contribution is 9.11. The first-order valence-electron chi connectivity index (χ1n) is 5.71. The van der Waals surface area contributed by atoms with Gasteiger partial charge in [0.25, 0.3) is 0 Å². The molecule has 0 spiro atoms. The molecule has 94 valence electrons. The zero-order valence-corrected chi connectivity index (χ0v) is 12.5. The van der Waals surface area contributed by atoms with Crippen LogP contribution in [0.25, 0.3) is 0 Å². The SMILES string of the molecule is CC(=O)CC(C)(C)CN1CC(C)(C#N)C=C1Br. The predicted octanol–water partition coefficient (Wildman–Crippen LogP) is 3.07. The van der Waals surface area contributed by atoms with Crippen LogP contribution in [0.5, 0.6) is 0 Å². The molecule has 3 nitrogen and oxygen atoms in total. The van der Waals surface area contributed by atoms with Crippen LogP contribution < -0.4 is 0 Å². The van der Waals surface area contributed by atoms with E-state index in [2.05, 4.69) is 40.7 Å². The molecule has 1 unspecified atom stereocenters. The van der Waals surface area contributed by atoms with Crippen LogP contribution in [0.15, 0.2) is 10.7 Å². The largest absolute Gasteiger partial charge is 0.364 e. The summed E-state index contributed by atoms with van der Waals surface area (Å²) in [5.74, 6) is 0.206. The van der Waals surface area contributed by atoms with Crippen LogP contribution in [0, 0.1) is 22.2 Å². The Hall–Kier alpha value is -0.820. The van der Waals surface area contributed by atoms with Gasteiger partial charge < -0.3 is 9.69 Å². The van der Waals surface area contributed by atoms with Gasteiger partial charge in [0.1, 0.15) is 5.78 Å². The molecule has 0 radical (unpaired) electrons. The number of carbonyl (C=O) groups is 1. The molecule has 0 aromatic rings. The van der Waals surface area contributed by atoms with E-state index in [1.54, 1.807) is 6.92 Å². The molecule has 0 bridgehead atoms. The highest BCUT2D eigenvalue weighted by Gasteiger charge is 2.35. The zero-order chi connectivity index (χ0) is 13.3. The normalized spacial score (nSPS) is 24.5. The zero-order valence-electron chi connectivity index (χ0n) is 10.9. The van der Waals surface area contributed by atoms with E-state index in [0.29, 0.717) is 13.0 Å². The maximum absolute atomic E-state index is 11.2. The predicted molar refractivity (Wildman–Crippen MR) is 71.4 cm³/mol. The van der Waals surface area contributed by atoms with Gasteiger partial charge in [-0.1, -0.05) is 13.8 Å². The molecule has 1 rings (SSSR count). The summed E-state index contributed by atoms with van der Waals surface area (Å²) >= 11 is 3.49. The summed E-state index contributed by atoms with van der Waals surface area (Å²) in [5.41, 5.74) is -0.496. The quantitative estimate of drug-likeness (QED) is 0.749. The molecular formula is C13H19BrN2O. The van der Waals surface area contributed by atoms with E-state index >= 15 is 0 Å². The Balaban J connectivity index is 2.70. The fourth-order valence-corrected chi connectivity index (χ4v) is 3.07. The molecule has 0 N–H and O–H groups in total. The average Bonchev–Trinajstić information content (AvgIpc) is 2.39. The number of nitrogens with zero attached hydrogens (tertiary/aromatic N) is 2. The van der Waals surface area contributed by atoms with Crippen molar-refractivity contribution in [3.05, 3.63) is 10.7 Å². The van der Waals surface area contributed by atoms with E-state index < -0.39 is 5.41 Å². The number of Topliss-reactive ketones (excluding diaryl/α,β-unsaturated/α-hetero) is 1. The minimum Gasteiger partial charge on any atom is -0.364 e. The van der Waals surface area contributed by atoms with Crippen molar-refractivity contribution in [2.45, 2.75) is 34.1 Å². The molecule has 0 fully saturated rings. The molecule has 0 aromatic heterocycles. The number of halogens is 1. The number of carbonyl (C=O) groups excluding carboxylic acids is 1. The summed E-state index contributed by atoms with van der Waals surface area (Å²) < 4.78 is 0.957. The number of hydrogen-bond donors (Lipinski definition) is 0. The summed E-state index contributed by atoms with van der Waals surface area (Å²) in [6.07, 6.45) is 2.50. The summed E-state index contributed by atoms with van der Waals surface area (Å²) in [6.45, 7) is 9.17. The van der Waals surface area contributed by atoms with Gasteiger partial charge in [-0.25, -0.2) is 0 Å². The van der Waals surface area contributed by atoms with Gasteiger partial charge in [-0.2, -0.15) is 5.26 Å². The van der Waals surface area contributed by atoms with E-state index in [4.69, 9.17) is 5.26 Å². The van der Waals surface area contributed by atoms with Crippen molar-refractivity contribution in [1.82, 2.24) is 4.90 Å². The molecule has 17 heavy (non-hydrogen) atoms. The first-order chi connectivity index (χ1) is 7.67. The Kier molecular flexibility index (Phi) is 4.03. The number of rotatable bonds is 4. The summed E-state index contributed by atoms with van der Waals surface area (Å²) in [7, 11) is 0. The first-order valence-corrected chi connectivity index (χ1v) is 6.51. The van der Waals surface area contributed by atoms with Gasteiger partial charge >= 0.3 is 0 Å². The van der Waals surface area contributed by atoms with Crippen LogP contribution in [0.3, 0.4) is 0 Å². The van der Waals surface area contributed by atoms with Crippen LogP contribution in [-0.2, 0) is 4.79 Å². The van der Waals surface area contributed by atoms with E-state index in [1.807, 2.05) is 13.0 Å². The first kappa shape index (κ1) is 14.2. The van der Waals surface area contributed by atoms with Crippen molar-refractivity contribution in [3.63, 3.8) is 0 Å². The Morgan fingerprint density at radius 3 is 2.71 bits per heavy atom. The molecule has 1 aliphatic rings. The minimum atomic E-state index is -0.425. The van der Waals surface area contributed by atoms with Gasteiger partial charge in [-0.15, -0.1) is 0 Å². The lowest BCUT2D eigenvalue weighted by Gasteiger charge is -2.32. The lowest BCUT2D eigenvalue weighted by atomic mass is 9.86. The fourth-order valence-electron chi connectivity index (χ4n) is 2.32. The smallest absolute Gasteiger partial charge is 0.130 e. The van der Waals surface area contributed by atoms with Gasteiger partial charge in [-0.05, 0) is 41.3 Å². The molecule has 0 saturated heterocycles. The molecule has 0 aromatic carbocycles. The topological polar surface area (TPSA) is 44.1 Å². The number of hydrogen-bond acceptors (Lipinski definition) is 3. The van der Waals surface area contributed by atoms with Crippen molar-refractivity contribution in [2.24, 2.45) is 10.8 Å². The van der Waals surface area contributed by atoms with Crippen molar-refractivity contribution in [1.29, 1.82) is 5.26 Å². The molecule has 1 heterocycles. The molecule has 0 amide bonds. The summed E-state index contributed by atoms with van der Waals surface area (Å²) in [6, 6.07) is 2.31. The lowest BCUT2D eigenvalue weighted by Crippen LogP contribution is -2.35. The number of ketones is 1. The van der Waals surface area contributed by atoms with E-state index in [9.17, 15) is 4.79 Å². The van der Waals surface area contributed by atoms with Crippen molar-refractivity contribution >= 4 is 21.7 Å². The Labute approximate surface area is 112 Å². The molecule has 0 aliphatic carbocycles. The fraction of sp³-hybridized carbons (Fsp3) is 0.692. The van der Waals surface area contributed by atoms with Crippen LogP contribution in [0.2, 0.25) is 0 Å². The minimum absolute atomic E-state index is 0.0700. The van der Waals surface area contributed by atoms with Crippen molar-refractivity contribution in [2.75, 3.05) is 13.1 Å². The highest BCUT2D eigenvalue weighted by Crippen LogP contribution is 2.36. The Morgan fingerprint density at radius 2 is 2.29 bits per heavy atom. The Bertz CT molecular complexity index is 395. The monoisotopic (exact) mass is 298 g/mol. The van der Waals surface area contributed by atoms with Crippen LogP contribution in [0.4, 0.5) is 0 Å². The average molecular weight is 299 g/mol. The second kappa shape index (κ2) is 4.81. The Morgan fingerprint density at radius 1 is 1.71 bits per heavy atom. The van der Waals surface area contributed by atoms with Crippen molar-refractivity contribution in [3.8, 4) is 6.07 Å². The maximum atomic E-state index is 11.2. The van der Waals surface area contributed by atoms with Gasteiger partial charge in [0.2, 0.25) is 0 Å². The van der Waals surface area contributed by atoms with Gasteiger partial charge in [-0.3, -0.25) is 0 Å². The maximum Gasteiger partial charge on any atom is 0.130 e. The van der Waals surface area contributed by atoms with Gasteiger partial charge in [0, 0.05) is 19.5 Å². The third kappa shape index (κ3) is 3.85. The molecule has 1 atom stereocenters. The summed E-state index contributed by atoms with van der Waals surface area (Å²) in [5, 5.41) is 9.11. The third-order valence-corrected chi connectivity index (χ3v) is 3.59. The van der Waals surface area contributed by atoms with Gasteiger partial charge in [0.05, 0.1) is 16.1 Å². The van der Waals surface area contributed by atoms with Crippen molar-refractivity contribution < 1.29 is 4.79 Å². The number of nitriles is 1. The molecular weight excluding hydrogens is 280 g/mol. The second-order valence-electron chi connectivity index (χ2n) is 5.90.